The van der Waals surface area contributed by atoms with E-state index in [9.17, 15) is 32.1 Å². The van der Waals surface area contributed by atoms with Gasteiger partial charge in [-0.15, -0.1) is 0 Å². The second-order valence-corrected chi connectivity index (χ2v) is 13.7. The molecule has 2 amide bonds. The molecule has 0 aliphatic carbocycles. The SMILES string of the molecule is Cc1cc(C(=O)N2CCC(C)(O)CC2)cc(C)c1/C=C/S(=O)N1CCC2(CC1)N=C(c1ccc(C(F)(F)F)c(Cl)c1)NC2=O. The van der Waals surface area contributed by atoms with Crippen LogP contribution in [0.2, 0.25) is 5.02 Å². The number of amides is 2. The fraction of sp³-hybridized carbons (Fsp3) is 0.452. The van der Waals surface area contributed by atoms with Crippen molar-refractivity contribution in [1.29, 1.82) is 0 Å². The van der Waals surface area contributed by atoms with Crippen LogP contribution in [0.1, 0.15) is 70.8 Å². The molecule has 0 bridgehead atoms. The van der Waals surface area contributed by atoms with Gasteiger partial charge in [-0.05, 0) is 93.5 Å². The molecule has 236 valence electrons. The molecule has 3 aliphatic heterocycles. The number of aryl methyl sites for hydroxylation is 2. The molecule has 8 nitrogen and oxygen atoms in total. The minimum atomic E-state index is -4.59. The first-order valence-corrected chi connectivity index (χ1v) is 15.9. The topological polar surface area (TPSA) is 102 Å². The molecule has 0 saturated carbocycles. The Balaban J connectivity index is 1.22. The smallest absolute Gasteiger partial charge is 0.390 e. The van der Waals surface area contributed by atoms with E-state index >= 15 is 0 Å². The van der Waals surface area contributed by atoms with Gasteiger partial charge in [-0.3, -0.25) is 14.6 Å². The zero-order valence-corrected chi connectivity index (χ0v) is 26.2. The van der Waals surface area contributed by atoms with Crippen molar-refractivity contribution in [2.24, 2.45) is 4.99 Å². The lowest BCUT2D eigenvalue weighted by atomic mass is 9.89. The number of piperidine rings is 2. The predicted octanol–water partition coefficient (Wildman–Crippen LogP) is 5.01. The third kappa shape index (κ3) is 6.63. The van der Waals surface area contributed by atoms with Gasteiger partial charge in [-0.25, -0.2) is 8.51 Å². The van der Waals surface area contributed by atoms with Crippen LogP contribution in [0.15, 0.2) is 40.7 Å². The lowest BCUT2D eigenvalue weighted by Crippen LogP contribution is -2.49. The van der Waals surface area contributed by atoms with Gasteiger partial charge in [0.15, 0.2) is 0 Å². The monoisotopic (exact) mass is 650 g/mol. The lowest BCUT2D eigenvalue weighted by Gasteiger charge is -2.36. The Morgan fingerprint density at radius 1 is 1.07 bits per heavy atom. The fourth-order valence-corrected chi connectivity index (χ4v) is 7.12. The number of carbonyl (C=O) groups excluding carboxylic acids is 2. The Labute approximate surface area is 261 Å². The van der Waals surface area contributed by atoms with E-state index in [0.29, 0.717) is 44.6 Å². The van der Waals surface area contributed by atoms with Gasteiger partial charge in [-0.1, -0.05) is 17.7 Å². The third-order valence-corrected chi connectivity index (χ3v) is 10.2. The molecule has 0 radical (unpaired) electrons. The van der Waals surface area contributed by atoms with Gasteiger partial charge in [0.05, 0.1) is 16.2 Å². The molecule has 13 heteroatoms. The van der Waals surface area contributed by atoms with Crippen LogP contribution in [0, 0.1) is 13.8 Å². The van der Waals surface area contributed by atoms with Crippen LogP contribution in [0.3, 0.4) is 0 Å². The van der Waals surface area contributed by atoms with Crippen LogP contribution >= 0.6 is 11.6 Å². The van der Waals surface area contributed by atoms with Crippen LogP contribution < -0.4 is 5.32 Å². The number of alkyl halides is 3. The molecule has 1 spiro atoms. The van der Waals surface area contributed by atoms with Crippen molar-refractivity contribution in [2.45, 2.75) is 63.8 Å². The summed E-state index contributed by atoms with van der Waals surface area (Å²) in [6.07, 6.45) is -1.16. The molecule has 2 aromatic carbocycles. The van der Waals surface area contributed by atoms with Gasteiger partial charge in [0, 0.05) is 42.7 Å². The summed E-state index contributed by atoms with van der Waals surface area (Å²) in [5.74, 6) is -0.253. The lowest BCUT2D eigenvalue weighted by molar-refractivity contribution is -0.137. The number of hydrogen-bond donors (Lipinski definition) is 2. The predicted molar refractivity (Wildman–Crippen MR) is 164 cm³/mol. The Bertz CT molecular complexity index is 1550. The summed E-state index contributed by atoms with van der Waals surface area (Å²) in [7, 11) is -1.49. The van der Waals surface area contributed by atoms with E-state index in [-0.39, 0.29) is 36.1 Å². The van der Waals surface area contributed by atoms with Crippen LogP contribution in [0.25, 0.3) is 6.08 Å². The van der Waals surface area contributed by atoms with Gasteiger partial charge in [0.2, 0.25) is 0 Å². The molecule has 3 heterocycles. The number of hydrogen-bond acceptors (Lipinski definition) is 5. The van der Waals surface area contributed by atoms with Gasteiger partial charge >= 0.3 is 6.18 Å². The highest BCUT2D eigenvalue weighted by Gasteiger charge is 2.46. The number of amidine groups is 1. The Hall–Kier alpha value is -3.06. The first-order valence-electron chi connectivity index (χ1n) is 14.3. The molecule has 2 N–H and O–H groups in total. The quantitative estimate of drug-likeness (QED) is 0.475. The van der Waals surface area contributed by atoms with Crippen LogP contribution in [0.5, 0.6) is 0 Å². The van der Waals surface area contributed by atoms with E-state index in [0.717, 1.165) is 28.8 Å². The number of aliphatic hydroxyl groups is 1. The molecular formula is C31H34ClF3N4O4S. The van der Waals surface area contributed by atoms with E-state index in [2.05, 4.69) is 10.3 Å². The van der Waals surface area contributed by atoms with Gasteiger partial charge in [0.1, 0.15) is 22.4 Å². The van der Waals surface area contributed by atoms with Crippen molar-refractivity contribution in [2.75, 3.05) is 26.2 Å². The van der Waals surface area contributed by atoms with E-state index in [1.807, 2.05) is 26.0 Å². The van der Waals surface area contributed by atoms with Crippen LogP contribution in [-0.4, -0.2) is 73.5 Å². The van der Waals surface area contributed by atoms with Gasteiger partial charge in [-0.2, -0.15) is 13.2 Å². The number of halogens is 4. The molecule has 2 fully saturated rings. The number of nitrogens with one attached hydrogen (secondary N) is 1. The molecule has 2 saturated heterocycles. The van der Waals surface area contributed by atoms with Crippen LogP contribution in [0.4, 0.5) is 13.2 Å². The van der Waals surface area contributed by atoms with Crippen molar-refractivity contribution >= 4 is 46.3 Å². The summed E-state index contributed by atoms with van der Waals surface area (Å²) in [6, 6.07) is 6.89. The van der Waals surface area contributed by atoms with E-state index < -0.39 is 38.9 Å². The second kappa shape index (κ2) is 12.0. The van der Waals surface area contributed by atoms with Crippen molar-refractivity contribution in [1.82, 2.24) is 14.5 Å². The summed E-state index contributed by atoms with van der Waals surface area (Å²) in [5, 5.41) is 14.0. The normalized spacial score (nSPS) is 21.0. The number of likely N-dealkylation sites (tertiary alicyclic amines) is 1. The highest BCUT2D eigenvalue weighted by Crippen LogP contribution is 2.36. The van der Waals surface area contributed by atoms with E-state index in [4.69, 9.17) is 11.6 Å². The second-order valence-electron chi connectivity index (χ2n) is 12.0. The van der Waals surface area contributed by atoms with E-state index in [1.54, 1.807) is 27.6 Å². The number of carbonyl (C=O) groups is 2. The first kappa shape index (κ1) is 32.3. The molecule has 5 rings (SSSR count). The molecular weight excluding hydrogens is 617 g/mol. The molecule has 1 unspecified atom stereocenters. The summed E-state index contributed by atoms with van der Waals surface area (Å²) in [5.41, 5.74) is 0.672. The molecule has 1 atom stereocenters. The van der Waals surface area contributed by atoms with Crippen LogP contribution in [-0.2, 0) is 22.0 Å². The summed E-state index contributed by atoms with van der Waals surface area (Å²) < 4.78 is 54.2. The Morgan fingerprint density at radius 2 is 1.68 bits per heavy atom. The largest absolute Gasteiger partial charge is 0.417 e. The minimum Gasteiger partial charge on any atom is -0.390 e. The zero-order chi connectivity index (χ0) is 32.0. The fourth-order valence-electron chi connectivity index (χ4n) is 5.87. The van der Waals surface area contributed by atoms with E-state index in [1.165, 1.54) is 6.07 Å². The van der Waals surface area contributed by atoms with Crippen molar-refractivity contribution < 1.29 is 32.1 Å². The molecule has 3 aliphatic rings. The highest BCUT2D eigenvalue weighted by molar-refractivity contribution is 7.85. The highest BCUT2D eigenvalue weighted by atomic mass is 35.5. The number of aliphatic imine (C=N–C) groups is 1. The Morgan fingerprint density at radius 3 is 2.25 bits per heavy atom. The van der Waals surface area contributed by atoms with Crippen molar-refractivity contribution in [3.63, 3.8) is 0 Å². The Kier molecular flexibility index (Phi) is 8.84. The maximum Gasteiger partial charge on any atom is 0.417 e. The van der Waals surface area contributed by atoms with Gasteiger partial charge in [0.25, 0.3) is 11.8 Å². The molecule has 2 aromatic rings. The first-order chi connectivity index (χ1) is 20.6. The third-order valence-electron chi connectivity index (χ3n) is 8.65. The molecule has 44 heavy (non-hydrogen) atoms. The summed E-state index contributed by atoms with van der Waals surface area (Å²) in [4.78, 5) is 32.3. The maximum absolute atomic E-state index is 13.2. The van der Waals surface area contributed by atoms with Gasteiger partial charge < -0.3 is 15.3 Å². The summed E-state index contributed by atoms with van der Waals surface area (Å²) >= 11 is 5.86. The number of rotatable bonds is 5. The minimum absolute atomic E-state index is 0.0729. The standard InChI is InChI=1S/C31H34ClF3N4O4S/c1-19-16-22(27(40)38-11-7-29(3,42)8-12-38)17-20(2)23(19)6-15-44(43)39-13-9-30(10-14-39)28(41)36-26(37-30)21-4-5-24(25(32)18-21)31(33,34)35/h4-6,15-18,42H,7-14H2,1-3H3,(H,36,37,41)/b15-6+. The average Bonchev–Trinajstić information content (AvgIpc) is 3.26. The average molecular weight is 651 g/mol. The molecule has 0 aromatic heterocycles. The maximum atomic E-state index is 13.2. The van der Waals surface area contributed by atoms with Crippen molar-refractivity contribution in [3.05, 3.63) is 74.1 Å². The van der Waals surface area contributed by atoms with Crippen molar-refractivity contribution in [3.8, 4) is 0 Å². The number of nitrogens with zero attached hydrogens (tertiary/aromatic N) is 3. The number of benzene rings is 2. The summed E-state index contributed by atoms with van der Waals surface area (Å²) in [6.45, 7) is 7.23. The zero-order valence-electron chi connectivity index (χ0n) is 24.6.